The molecule has 4 N–H and O–H groups in total. The summed E-state index contributed by atoms with van der Waals surface area (Å²) in [5, 5.41) is 4.16. The Labute approximate surface area is 92.8 Å². The van der Waals surface area contributed by atoms with Gasteiger partial charge >= 0.3 is 0 Å². The van der Waals surface area contributed by atoms with Gasteiger partial charge in [-0.2, -0.15) is 4.98 Å². The third kappa shape index (κ3) is 1.65. The molecule has 0 unspecified atom stereocenters. The molecule has 0 amide bonds. The first-order chi connectivity index (χ1) is 7.61. The normalized spacial score (nSPS) is 10.4. The van der Waals surface area contributed by atoms with Crippen LogP contribution in [0.5, 0.6) is 5.75 Å². The van der Waals surface area contributed by atoms with Crippen molar-refractivity contribution in [2.75, 3.05) is 18.6 Å². The summed E-state index contributed by atoms with van der Waals surface area (Å²) in [6.07, 6.45) is 0. The maximum atomic E-state index is 5.85. The Bertz CT molecular complexity index is 500. The lowest BCUT2D eigenvalue weighted by atomic mass is 10.1. The van der Waals surface area contributed by atoms with Gasteiger partial charge in [0, 0.05) is 18.3 Å². The van der Waals surface area contributed by atoms with Gasteiger partial charge in [-0.3, -0.25) is 0 Å². The number of benzene rings is 1. The maximum Gasteiger partial charge on any atom is 0.218 e. The Hall–Kier alpha value is -2.24. The van der Waals surface area contributed by atoms with E-state index in [4.69, 9.17) is 16.2 Å². The number of nitrogens with zero attached hydrogens (tertiary/aromatic N) is 3. The van der Waals surface area contributed by atoms with Gasteiger partial charge < -0.3 is 16.2 Å². The topological polar surface area (TPSA) is 92.0 Å². The van der Waals surface area contributed by atoms with E-state index in [0.717, 1.165) is 0 Å². The number of rotatable bonds is 2. The average Bonchev–Trinajstić information content (AvgIpc) is 2.60. The molecule has 0 aliphatic heterocycles. The van der Waals surface area contributed by atoms with Gasteiger partial charge in [0.25, 0.3) is 0 Å². The molecule has 6 nitrogen and oxygen atoms in total. The Balaban J connectivity index is 2.54. The number of ether oxygens (including phenoxy) is 1. The number of aryl methyl sites for hydroxylation is 1. The molecule has 2 aromatic rings. The summed E-state index contributed by atoms with van der Waals surface area (Å²) in [7, 11) is 3.32. The highest BCUT2D eigenvalue weighted by Gasteiger charge is 2.10. The Morgan fingerprint density at radius 1 is 1.31 bits per heavy atom. The van der Waals surface area contributed by atoms with Crippen LogP contribution in [0.4, 0.5) is 11.6 Å². The van der Waals surface area contributed by atoms with Crippen LogP contribution in [0, 0.1) is 0 Å². The van der Waals surface area contributed by atoms with E-state index in [1.807, 2.05) is 0 Å². The number of anilines is 2. The van der Waals surface area contributed by atoms with Gasteiger partial charge in [0.15, 0.2) is 5.82 Å². The van der Waals surface area contributed by atoms with Crippen molar-refractivity contribution in [3.05, 3.63) is 18.2 Å². The van der Waals surface area contributed by atoms with E-state index in [1.165, 1.54) is 4.68 Å². The molecule has 0 radical (unpaired) electrons. The molecule has 0 spiro atoms. The van der Waals surface area contributed by atoms with Crippen molar-refractivity contribution in [2.24, 2.45) is 7.05 Å². The SMILES string of the molecule is COc1ccc(N)c(-c2nc(N)n(C)n2)c1. The lowest BCUT2D eigenvalue weighted by Crippen LogP contribution is -1.97. The van der Waals surface area contributed by atoms with E-state index >= 15 is 0 Å². The summed E-state index contributed by atoms with van der Waals surface area (Å²) in [4.78, 5) is 4.11. The maximum absolute atomic E-state index is 5.85. The molecule has 0 fully saturated rings. The minimum absolute atomic E-state index is 0.345. The van der Waals surface area contributed by atoms with Crippen LogP contribution < -0.4 is 16.2 Å². The highest BCUT2D eigenvalue weighted by Crippen LogP contribution is 2.27. The number of nitrogen functional groups attached to an aromatic ring is 2. The summed E-state index contributed by atoms with van der Waals surface area (Å²) in [6.45, 7) is 0. The monoisotopic (exact) mass is 219 g/mol. The smallest absolute Gasteiger partial charge is 0.218 e. The van der Waals surface area contributed by atoms with Gasteiger partial charge in [0.1, 0.15) is 5.75 Å². The number of hydrogen-bond donors (Lipinski definition) is 2. The minimum Gasteiger partial charge on any atom is -0.497 e. The van der Waals surface area contributed by atoms with E-state index in [1.54, 1.807) is 32.4 Å². The van der Waals surface area contributed by atoms with Gasteiger partial charge in [0.2, 0.25) is 5.95 Å². The third-order valence-corrected chi connectivity index (χ3v) is 2.30. The lowest BCUT2D eigenvalue weighted by Gasteiger charge is -2.04. The fourth-order valence-electron chi connectivity index (χ4n) is 1.37. The summed E-state index contributed by atoms with van der Waals surface area (Å²) < 4.78 is 6.61. The standard InChI is InChI=1S/C10H13N5O/c1-15-10(12)13-9(14-15)7-5-6(16-2)3-4-8(7)11/h3-5H,11H2,1-2H3,(H2,12,13,14). The first kappa shape index (κ1) is 10.3. The highest BCUT2D eigenvalue weighted by atomic mass is 16.5. The average molecular weight is 219 g/mol. The first-order valence-corrected chi connectivity index (χ1v) is 4.72. The van der Waals surface area contributed by atoms with Crippen molar-refractivity contribution in [3.63, 3.8) is 0 Å². The van der Waals surface area contributed by atoms with E-state index in [0.29, 0.717) is 28.8 Å². The summed E-state index contributed by atoms with van der Waals surface area (Å²) in [6, 6.07) is 5.32. The molecule has 0 bridgehead atoms. The Kier molecular flexibility index (Phi) is 2.40. The van der Waals surface area contributed by atoms with E-state index in [2.05, 4.69) is 10.1 Å². The van der Waals surface area contributed by atoms with Crippen LogP contribution in [0.3, 0.4) is 0 Å². The molecule has 1 aromatic heterocycles. The predicted molar refractivity (Wildman–Crippen MR) is 61.8 cm³/mol. The molecule has 16 heavy (non-hydrogen) atoms. The molecular weight excluding hydrogens is 206 g/mol. The molecule has 0 aliphatic carbocycles. The third-order valence-electron chi connectivity index (χ3n) is 2.30. The zero-order valence-corrected chi connectivity index (χ0v) is 9.14. The molecular formula is C10H13N5O. The Morgan fingerprint density at radius 3 is 2.62 bits per heavy atom. The minimum atomic E-state index is 0.345. The van der Waals surface area contributed by atoms with Crippen molar-refractivity contribution in [3.8, 4) is 17.1 Å². The molecule has 1 aromatic carbocycles. The second-order valence-electron chi connectivity index (χ2n) is 3.37. The number of aromatic nitrogens is 3. The van der Waals surface area contributed by atoms with Gasteiger partial charge in [-0.15, -0.1) is 5.10 Å². The van der Waals surface area contributed by atoms with Crippen LogP contribution in [0.2, 0.25) is 0 Å². The quantitative estimate of drug-likeness (QED) is 0.724. The fraction of sp³-hybridized carbons (Fsp3) is 0.200. The lowest BCUT2D eigenvalue weighted by molar-refractivity contribution is 0.415. The van der Waals surface area contributed by atoms with E-state index < -0.39 is 0 Å². The molecule has 0 atom stereocenters. The summed E-state index contributed by atoms with van der Waals surface area (Å²) in [5.41, 5.74) is 12.8. The second kappa shape index (κ2) is 3.73. The Morgan fingerprint density at radius 2 is 2.06 bits per heavy atom. The summed E-state index contributed by atoms with van der Waals surface area (Å²) in [5.74, 6) is 1.55. The largest absolute Gasteiger partial charge is 0.497 e. The van der Waals surface area contributed by atoms with Gasteiger partial charge in [-0.05, 0) is 18.2 Å². The van der Waals surface area contributed by atoms with Crippen LogP contribution >= 0.6 is 0 Å². The zero-order valence-electron chi connectivity index (χ0n) is 9.14. The molecule has 0 saturated heterocycles. The van der Waals surface area contributed by atoms with E-state index in [9.17, 15) is 0 Å². The molecule has 2 rings (SSSR count). The van der Waals surface area contributed by atoms with Crippen LogP contribution in [-0.4, -0.2) is 21.9 Å². The summed E-state index contributed by atoms with van der Waals surface area (Å²) >= 11 is 0. The number of hydrogen-bond acceptors (Lipinski definition) is 5. The number of methoxy groups -OCH3 is 1. The molecule has 1 heterocycles. The molecule has 84 valence electrons. The number of nitrogens with two attached hydrogens (primary N) is 2. The van der Waals surface area contributed by atoms with Crippen LogP contribution in [-0.2, 0) is 7.05 Å². The van der Waals surface area contributed by atoms with Crippen LogP contribution in [0.25, 0.3) is 11.4 Å². The van der Waals surface area contributed by atoms with E-state index in [-0.39, 0.29) is 0 Å². The van der Waals surface area contributed by atoms with Crippen LogP contribution in [0.1, 0.15) is 0 Å². The predicted octanol–water partition coefficient (Wildman–Crippen LogP) is 0.655. The highest BCUT2D eigenvalue weighted by molar-refractivity contribution is 5.73. The van der Waals surface area contributed by atoms with Gasteiger partial charge in [0.05, 0.1) is 7.11 Å². The second-order valence-corrected chi connectivity index (χ2v) is 3.37. The molecule has 0 saturated carbocycles. The molecule has 6 heteroatoms. The van der Waals surface area contributed by atoms with Gasteiger partial charge in [-0.25, -0.2) is 4.68 Å². The van der Waals surface area contributed by atoms with Crippen molar-refractivity contribution in [1.29, 1.82) is 0 Å². The van der Waals surface area contributed by atoms with Crippen LogP contribution in [0.15, 0.2) is 18.2 Å². The van der Waals surface area contributed by atoms with Crippen molar-refractivity contribution >= 4 is 11.6 Å². The zero-order chi connectivity index (χ0) is 11.7. The van der Waals surface area contributed by atoms with Crippen molar-refractivity contribution in [2.45, 2.75) is 0 Å². The van der Waals surface area contributed by atoms with Crippen molar-refractivity contribution in [1.82, 2.24) is 14.8 Å². The van der Waals surface area contributed by atoms with Crippen molar-refractivity contribution < 1.29 is 4.74 Å². The molecule has 0 aliphatic rings. The van der Waals surface area contributed by atoms with Gasteiger partial charge in [-0.1, -0.05) is 0 Å². The fourth-order valence-corrected chi connectivity index (χ4v) is 1.37. The first-order valence-electron chi connectivity index (χ1n) is 4.72.